The highest BCUT2D eigenvalue weighted by atomic mass is 16.6. The normalized spacial score (nSPS) is 18.7. The van der Waals surface area contributed by atoms with E-state index in [-0.39, 0.29) is 11.6 Å². The molecule has 1 aromatic carbocycles. The smallest absolute Gasteiger partial charge is 0.270 e. The average Bonchev–Trinajstić information content (AvgIpc) is 2.53. The Kier molecular flexibility index (Phi) is 3.47. The highest BCUT2D eigenvalue weighted by Gasteiger charge is 2.22. The summed E-state index contributed by atoms with van der Waals surface area (Å²) in [4.78, 5) is 31.9. The van der Waals surface area contributed by atoms with Crippen molar-refractivity contribution in [2.75, 3.05) is 18.0 Å². The Bertz CT molecular complexity index is 704. The average molecular weight is 286 g/mol. The number of benzene rings is 1. The highest BCUT2D eigenvalue weighted by Crippen LogP contribution is 2.29. The second kappa shape index (κ2) is 5.43. The van der Waals surface area contributed by atoms with E-state index in [1.807, 2.05) is 4.90 Å². The largest absolute Gasteiger partial charge is 0.355 e. The molecule has 1 atom stereocenters. The number of piperidine rings is 1. The molecule has 2 aromatic rings. The third-order valence-electron chi connectivity index (χ3n) is 3.76. The Hall–Kier alpha value is -2.57. The standard InChI is InChI=1S/C14H14N4O3/c19-8-10-2-1-5-17(7-10)14-12-6-11(18(20)21)3-4-13(12)15-9-16-14/h3-4,6,8-10H,1-2,5,7H2. The summed E-state index contributed by atoms with van der Waals surface area (Å²) < 4.78 is 0. The molecule has 1 aliphatic rings. The first-order chi connectivity index (χ1) is 10.2. The van der Waals surface area contributed by atoms with Gasteiger partial charge in [-0.1, -0.05) is 0 Å². The maximum Gasteiger partial charge on any atom is 0.270 e. The Morgan fingerprint density at radius 3 is 3.00 bits per heavy atom. The molecule has 0 N–H and O–H groups in total. The van der Waals surface area contributed by atoms with Crippen LogP contribution in [0.25, 0.3) is 10.9 Å². The van der Waals surface area contributed by atoms with Gasteiger partial charge in [0.25, 0.3) is 5.69 Å². The fourth-order valence-corrected chi connectivity index (χ4v) is 2.71. The third kappa shape index (κ3) is 2.54. The van der Waals surface area contributed by atoms with Gasteiger partial charge in [0, 0.05) is 36.5 Å². The zero-order valence-electron chi connectivity index (χ0n) is 11.3. The lowest BCUT2D eigenvalue weighted by atomic mass is 9.99. The molecule has 1 saturated heterocycles. The lowest BCUT2D eigenvalue weighted by molar-refractivity contribution is -0.384. The monoisotopic (exact) mass is 286 g/mol. The molecule has 0 saturated carbocycles. The number of fused-ring (bicyclic) bond motifs is 1. The summed E-state index contributed by atoms with van der Waals surface area (Å²) in [6, 6.07) is 4.55. The molecule has 21 heavy (non-hydrogen) atoms. The molecule has 1 unspecified atom stereocenters. The number of hydrogen-bond donors (Lipinski definition) is 0. The van der Waals surface area contributed by atoms with Gasteiger partial charge in [0.15, 0.2) is 0 Å². The maximum absolute atomic E-state index is 11.0. The number of nitrogens with zero attached hydrogens (tertiary/aromatic N) is 4. The van der Waals surface area contributed by atoms with Gasteiger partial charge in [-0.15, -0.1) is 0 Å². The van der Waals surface area contributed by atoms with Crippen LogP contribution >= 0.6 is 0 Å². The van der Waals surface area contributed by atoms with E-state index in [4.69, 9.17) is 0 Å². The van der Waals surface area contributed by atoms with Crippen LogP contribution in [0.3, 0.4) is 0 Å². The van der Waals surface area contributed by atoms with Crippen LogP contribution in [0.15, 0.2) is 24.5 Å². The fraction of sp³-hybridized carbons (Fsp3) is 0.357. The van der Waals surface area contributed by atoms with E-state index in [2.05, 4.69) is 9.97 Å². The van der Waals surface area contributed by atoms with Crippen molar-refractivity contribution in [3.05, 3.63) is 34.6 Å². The van der Waals surface area contributed by atoms with Gasteiger partial charge < -0.3 is 9.69 Å². The van der Waals surface area contributed by atoms with Crippen molar-refractivity contribution >= 4 is 28.7 Å². The molecule has 108 valence electrons. The number of aldehydes is 1. The Labute approximate surface area is 120 Å². The van der Waals surface area contributed by atoms with Gasteiger partial charge in [-0.05, 0) is 18.9 Å². The summed E-state index contributed by atoms with van der Waals surface area (Å²) >= 11 is 0. The van der Waals surface area contributed by atoms with Crippen molar-refractivity contribution in [1.82, 2.24) is 9.97 Å². The minimum atomic E-state index is -0.430. The van der Waals surface area contributed by atoms with Crippen molar-refractivity contribution in [2.45, 2.75) is 12.8 Å². The van der Waals surface area contributed by atoms with Gasteiger partial charge in [0.2, 0.25) is 0 Å². The Balaban J connectivity index is 2.06. The van der Waals surface area contributed by atoms with Crippen LogP contribution in [0, 0.1) is 16.0 Å². The van der Waals surface area contributed by atoms with Crippen molar-refractivity contribution in [3.63, 3.8) is 0 Å². The van der Waals surface area contributed by atoms with Crippen LogP contribution in [-0.2, 0) is 4.79 Å². The number of hydrogen-bond acceptors (Lipinski definition) is 6. The summed E-state index contributed by atoms with van der Waals surface area (Å²) in [5.74, 6) is 0.651. The van der Waals surface area contributed by atoms with Crippen molar-refractivity contribution in [3.8, 4) is 0 Å². The number of nitro groups is 1. The number of carbonyl (C=O) groups excluding carboxylic acids is 1. The predicted molar refractivity (Wildman–Crippen MR) is 77.2 cm³/mol. The summed E-state index contributed by atoms with van der Waals surface area (Å²) in [7, 11) is 0. The molecule has 0 radical (unpaired) electrons. The van der Waals surface area contributed by atoms with E-state index in [0.29, 0.717) is 23.3 Å². The SMILES string of the molecule is O=CC1CCCN(c2ncnc3ccc([N+](=O)[O-])cc23)C1. The molecule has 1 aromatic heterocycles. The van der Waals surface area contributed by atoms with Crippen LogP contribution in [-0.4, -0.2) is 34.3 Å². The first kappa shape index (κ1) is 13.4. The summed E-state index contributed by atoms with van der Waals surface area (Å²) in [5.41, 5.74) is 0.682. The van der Waals surface area contributed by atoms with Crippen LogP contribution in [0.1, 0.15) is 12.8 Å². The Morgan fingerprint density at radius 2 is 2.24 bits per heavy atom. The first-order valence-corrected chi connectivity index (χ1v) is 6.78. The summed E-state index contributed by atoms with van der Waals surface area (Å²) in [6.45, 7) is 1.39. The number of non-ortho nitro benzene ring substituents is 1. The van der Waals surface area contributed by atoms with Crippen LogP contribution in [0.2, 0.25) is 0 Å². The summed E-state index contributed by atoms with van der Waals surface area (Å²) in [6.07, 6.45) is 4.21. The highest BCUT2D eigenvalue weighted by molar-refractivity contribution is 5.91. The van der Waals surface area contributed by atoms with Gasteiger partial charge in [-0.2, -0.15) is 0 Å². The van der Waals surface area contributed by atoms with Gasteiger partial charge in [-0.3, -0.25) is 10.1 Å². The van der Waals surface area contributed by atoms with Crippen LogP contribution < -0.4 is 4.90 Å². The molecule has 1 fully saturated rings. The van der Waals surface area contributed by atoms with E-state index in [0.717, 1.165) is 25.7 Å². The van der Waals surface area contributed by atoms with Gasteiger partial charge in [0.05, 0.1) is 10.4 Å². The number of aromatic nitrogens is 2. The topological polar surface area (TPSA) is 89.2 Å². The zero-order chi connectivity index (χ0) is 14.8. The summed E-state index contributed by atoms with van der Waals surface area (Å²) in [5, 5.41) is 11.6. The second-order valence-electron chi connectivity index (χ2n) is 5.14. The quantitative estimate of drug-likeness (QED) is 0.486. The van der Waals surface area contributed by atoms with E-state index in [9.17, 15) is 14.9 Å². The molecule has 0 aliphatic carbocycles. The molecule has 7 heteroatoms. The van der Waals surface area contributed by atoms with Crippen molar-refractivity contribution in [1.29, 1.82) is 0 Å². The van der Waals surface area contributed by atoms with E-state index >= 15 is 0 Å². The Morgan fingerprint density at radius 1 is 1.38 bits per heavy atom. The second-order valence-corrected chi connectivity index (χ2v) is 5.14. The van der Waals surface area contributed by atoms with E-state index in [1.165, 1.54) is 18.5 Å². The van der Waals surface area contributed by atoms with Crippen molar-refractivity contribution < 1.29 is 9.72 Å². The van der Waals surface area contributed by atoms with Gasteiger partial charge >= 0.3 is 0 Å². The van der Waals surface area contributed by atoms with Crippen LogP contribution in [0.5, 0.6) is 0 Å². The molecule has 1 aliphatic heterocycles. The molecule has 0 bridgehead atoms. The molecule has 3 rings (SSSR count). The minimum absolute atomic E-state index is 0.0116. The lowest BCUT2D eigenvalue weighted by Crippen LogP contribution is -2.36. The van der Waals surface area contributed by atoms with Gasteiger partial charge in [0.1, 0.15) is 18.4 Å². The maximum atomic E-state index is 11.0. The number of carbonyl (C=O) groups is 1. The predicted octanol–water partition coefficient (Wildman–Crippen LogP) is 1.95. The molecule has 7 nitrogen and oxygen atoms in total. The van der Waals surface area contributed by atoms with Crippen LogP contribution in [0.4, 0.5) is 11.5 Å². The minimum Gasteiger partial charge on any atom is -0.355 e. The molecule has 0 spiro atoms. The number of nitro benzene ring substituents is 1. The molecular weight excluding hydrogens is 272 g/mol. The lowest BCUT2D eigenvalue weighted by Gasteiger charge is -2.31. The zero-order valence-corrected chi connectivity index (χ0v) is 11.3. The van der Waals surface area contributed by atoms with E-state index < -0.39 is 4.92 Å². The third-order valence-corrected chi connectivity index (χ3v) is 3.76. The molecular formula is C14H14N4O3. The fourth-order valence-electron chi connectivity index (χ4n) is 2.71. The molecule has 0 amide bonds. The first-order valence-electron chi connectivity index (χ1n) is 6.78. The van der Waals surface area contributed by atoms with Crippen molar-refractivity contribution in [2.24, 2.45) is 5.92 Å². The van der Waals surface area contributed by atoms with Gasteiger partial charge in [-0.25, -0.2) is 9.97 Å². The number of rotatable bonds is 3. The van der Waals surface area contributed by atoms with E-state index in [1.54, 1.807) is 6.07 Å². The number of anilines is 1. The molecule has 2 heterocycles.